The van der Waals surface area contributed by atoms with Crippen molar-refractivity contribution in [2.75, 3.05) is 6.61 Å². The van der Waals surface area contributed by atoms with Gasteiger partial charge in [-0.1, -0.05) is 33.6 Å². The minimum atomic E-state index is -0.00898. The standard InChI is InChI=1S/C14H26O2/c1-5-16-13(15)10-14(11(2)3)8-6-7-12(4)9-14/h11-12H,5-10H2,1-4H3. The van der Waals surface area contributed by atoms with E-state index in [0.29, 0.717) is 18.9 Å². The topological polar surface area (TPSA) is 26.3 Å². The Morgan fingerprint density at radius 3 is 2.69 bits per heavy atom. The van der Waals surface area contributed by atoms with Crippen molar-refractivity contribution >= 4 is 5.97 Å². The zero-order chi connectivity index (χ0) is 12.2. The lowest BCUT2D eigenvalue weighted by atomic mass is 9.62. The minimum absolute atomic E-state index is 0.00898. The van der Waals surface area contributed by atoms with E-state index >= 15 is 0 Å². The van der Waals surface area contributed by atoms with E-state index in [0.717, 1.165) is 5.92 Å². The SMILES string of the molecule is CCOC(=O)CC1(C(C)C)CCCC(C)C1. The van der Waals surface area contributed by atoms with E-state index in [1.54, 1.807) is 0 Å². The van der Waals surface area contributed by atoms with E-state index in [9.17, 15) is 4.79 Å². The maximum Gasteiger partial charge on any atom is 0.306 e. The molecule has 1 fully saturated rings. The van der Waals surface area contributed by atoms with E-state index in [4.69, 9.17) is 4.74 Å². The Morgan fingerprint density at radius 1 is 1.50 bits per heavy atom. The van der Waals surface area contributed by atoms with Gasteiger partial charge in [-0.05, 0) is 37.0 Å². The predicted molar refractivity (Wildman–Crippen MR) is 66.2 cm³/mol. The highest BCUT2D eigenvalue weighted by Crippen LogP contribution is 2.47. The highest BCUT2D eigenvalue weighted by molar-refractivity contribution is 5.70. The van der Waals surface area contributed by atoms with Crippen molar-refractivity contribution < 1.29 is 9.53 Å². The van der Waals surface area contributed by atoms with E-state index < -0.39 is 0 Å². The fraction of sp³-hybridized carbons (Fsp3) is 0.929. The molecule has 1 saturated carbocycles. The molecule has 0 aromatic heterocycles. The third kappa shape index (κ3) is 3.23. The molecule has 0 saturated heterocycles. The summed E-state index contributed by atoms with van der Waals surface area (Å²) < 4.78 is 5.12. The molecule has 0 aromatic carbocycles. The summed E-state index contributed by atoms with van der Waals surface area (Å²) in [6, 6.07) is 0. The first-order valence-electron chi connectivity index (χ1n) is 6.66. The second kappa shape index (κ2) is 5.70. The number of esters is 1. The number of ether oxygens (including phenoxy) is 1. The summed E-state index contributed by atoms with van der Waals surface area (Å²) in [5, 5.41) is 0. The smallest absolute Gasteiger partial charge is 0.306 e. The highest BCUT2D eigenvalue weighted by atomic mass is 16.5. The van der Waals surface area contributed by atoms with Gasteiger partial charge in [0.15, 0.2) is 0 Å². The number of hydrogen-bond donors (Lipinski definition) is 0. The van der Waals surface area contributed by atoms with Crippen LogP contribution in [0.25, 0.3) is 0 Å². The van der Waals surface area contributed by atoms with E-state index in [1.807, 2.05) is 6.92 Å². The third-order valence-corrected chi connectivity index (χ3v) is 4.15. The van der Waals surface area contributed by atoms with Gasteiger partial charge < -0.3 is 4.74 Å². The monoisotopic (exact) mass is 226 g/mol. The molecule has 1 rings (SSSR count). The van der Waals surface area contributed by atoms with Gasteiger partial charge in [0.05, 0.1) is 13.0 Å². The zero-order valence-electron chi connectivity index (χ0n) is 11.2. The maximum atomic E-state index is 11.7. The molecular formula is C14H26O2. The van der Waals surface area contributed by atoms with Crippen LogP contribution < -0.4 is 0 Å². The second-order valence-electron chi connectivity index (χ2n) is 5.70. The van der Waals surface area contributed by atoms with Gasteiger partial charge >= 0.3 is 5.97 Å². The molecule has 16 heavy (non-hydrogen) atoms. The van der Waals surface area contributed by atoms with Gasteiger partial charge in [-0.2, -0.15) is 0 Å². The summed E-state index contributed by atoms with van der Waals surface area (Å²) in [5.74, 6) is 1.32. The number of carbonyl (C=O) groups is 1. The van der Waals surface area contributed by atoms with Crippen molar-refractivity contribution in [2.45, 2.75) is 59.8 Å². The van der Waals surface area contributed by atoms with Crippen LogP contribution in [0.15, 0.2) is 0 Å². The third-order valence-electron chi connectivity index (χ3n) is 4.15. The quantitative estimate of drug-likeness (QED) is 0.682. The average Bonchev–Trinajstić information content (AvgIpc) is 2.17. The molecule has 1 aliphatic carbocycles. The Balaban J connectivity index is 2.68. The normalized spacial score (nSPS) is 30.4. The largest absolute Gasteiger partial charge is 0.466 e. The molecule has 94 valence electrons. The van der Waals surface area contributed by atoms with Crippen LogP contribution in [0, 0.1) is 17.3 Å². The summed E-state index contributed by atoms with van der Waals surface area (Å²) in [7, 11) is 0. The van der Waals surface area contributed by atoms with Crippen LogP contribution in [0.3, 0.4) is 0 Å². The van der Waals surface area contributed by atoms with Gasteiger partial charge in [0, 0.05) is 0 Å². The van der Waals surface area contributed by atoms with Crippen LogP contribution in [0.1, 0.15) is 59.8 Å². The Labute approximate surface area is 99.8 Å². The van der Waals surface area contributed by atoms with Crippen LogP contribution in [-0.4, -0.2) is 12.6 Å². The minimum Gasteiger partial charge on any atom is -0.466 e. The van der Waals surface area contributed by atoms with Gasteiger partial charge in [0.1, 0.15) is 0 Å². The van der Waals surface area contributed by atoms with Gasteiger partial charge in [0.25, 0.3) is 0 Å². The molecule has 0 N–H and O–H groups in total. The Morgan fingerprint density at radius 2 is 2.19 bits per heavy atom. The molecular weight excluding hydrogens is 200 g/mol. The number of rotatable bonds is 4. The zero-order valence-corrected chi connectivity index (χ0v) is 11.2. The van der Waals surface area contributed by atoms with E-state index in [-0.39, 0.29) is 11.4 Å². The first-order valence-corrected chi connectivity index (χ1v) is 6.66. The summed E-state index contributed by atoms with van der Waals surface area (Å²) in [5.41, 5.74) is 0.198. The van der Waals surface area contributed by atoms with Gasteiger partial charge in [-0.15, -0.1) is 0 Å². The van der Waals surface area contributed by atoms with Crippen molar-refractivity contribution in [3.05, 3.63) is 0 Å². The molecule has 0 aromatic rings. The van der Waals surface area contributed by atoms with Gasteiger partial charge in [-0.25, -0.2) is 0 Å². The molecule has 0 heterocycles. The fourth-order valence-electron chi connectivity index (χ4n) is 3.09. The molecule has 2 atom stereocenters. The van der Waals surface area contributed by atoms with E-state index in [2.05, 4.69) is 20.8 Å². The average molecular weight is 226 g/mol. The number of hydrogen-bond acceptors (Lipinski definition) is 2. The number of carbonyl (C=O) groups excluding carboxylic acids is 1. The van der Waals surface area contributed by atoms with Crippen LogP contribution in [-0.2, 0) is 9.53 Å². The Bertz CT molecular complexity index is 235. The lowest BCUT2D eigenvalue weighted by Gasteiger charge is -2.42. The van der Waals surface area contributed by atoms with Gasteiger partial charge in [0.2, 0.25) is 0 Å². The lowest BCUT2D eigenvalue weighted by Crippen LogP contribution is -2.35. The second-order valence-corrected chi connectivity index (χ2v) is 5.70. The molecule has 0 aliphatic heterocycles. The van der Waals surface area contributed by atoms with Crippen molar-refractivity contribution in [3.8, 4) is 0 Å². The highest BCUT2D eigenvalue weighted by Gasteiger charge is 2.39. The summed E-state index contributed by atoms with van der Waals surface area (Å²) >= 11 is 0. The van der Waals surface area contributed by atoms with Crippen LogP contribution in [0.4, 0.5) is 0 Å². The first kappa shape index (κ1) is 13.5. The molecule has 0 bridgehead atoms. The molecule has 2 heteroatoms. The summed E-state index contributed by atoms with van der Waals surface area (Å²) in [6.07, 6.45) is 5.57. The Kier molecular flexibility index (Phi) is 4.82. The van der Waals surface area contributed by atoms with Gasteiger partial charge in [-0.3, -0.25) is 4.79 Å². The molecule has 0 radical (unpaired) electrons. The summed E-state index contributed by atoms with van der Waals surface area (Å²) in [6.45, 7) is 9.18. The molecule has 0 spiro atoms. The molecule has 0 amide bonds. The van der Waals surface area contributed by atoms with Crippen LogP contribution >= 0.6 is 0 Å². The fourth-order valence-corrected chi connectivity index (χ4v) is 3.09. The molecule has 2 unspecified atom stereocenters. The van der Waals surface area contributed by atoms with Crippen molar-refractivity contribution in [3.63, 3.8) is 0 Å². The van der Waals surface area contributed by atoms with Crippen LogP contribution in [0.5, 0.6) is 0 Å². The van der Waals surface area contributed by atoms with Crippen molar-refractivity contribution in [1.82, 2.24) is 0 Å². The Hall–Kier alpha value is -0.530. The molecule has 1 aliphatic rings. The van der Waals surface area contributed by atoms with E-state index in [1.165, 1.54) is 25.7 Å². The summed E-state index contributed by atoms with van der Waals surface area (Å²) in [4.78, 5) is 11.7. The molecule has 2 nitrogen and oxygen atoms in total. The maximum absolute atomic E-state index is 11.7. The first-order chi connectivity index (χ1) is 7.50. The van der Waals surface area contributed by atoms with Crippen LogP contribution in [0.2, 0.25) is 0 Å². The van der Waals surface area contributed by atoms with Crippen molar-refractivity contribution in [2.24, 2.45) is 17.3 Å². The lowest BCUT2D eigenvalue weighted by molar-refractivity contribution is -0.148. The van der Waals surface area contributed by atoms with Crippen molar-refractivity contribution in [1.29, 1.82) is 0 Å². The predicted octanol–water partition coefficient (Wildman–Crippen LogP) is 3.79.